The van der Waals surface area contributed by atoms with Crippen molar-refractivity contribution in [3.05, 3.63) is 42.2 Å². The number of aromatic hydroxyl groups is 1. The van der Waals surface area contributed by atoms with E-state index in [9.17, 15) is 9.90 Å². The third-order valence-electron chi connectivity index (χ3n) is 4.17. The molecule has 1 aliphatic rings. The lowest BCUT2D eigenvalue weighted by atomic mass is 10.1. The van der Waals surface area contributed by atoms with Crippen LogP contribution in [0.25, 0.3) is 5.69 Å². The maximum atomic E-state index is 12.6. The van der Waals surface area contributed by atoms with Gasteiger partial charge in [-0.05, 0) is 37.9 Å². The van der Waals surface area contributed by atoms with E-state index in [2.05, 4.69) is 5.10 Å². The number of carbonyl (C=O) groups excluding carboxylic acids is 1. The van der Waals surface area contributed by atoms with Gasteiger partial charge in [-0.15, -0.1) is 0 Å². The number of hydrogen-bond acceptors (Lipinski definition) is 4. The van der Waals surface area contributed by atoms with Crippen LogP contribution in [-0.4, -0.2) is 44.8 Å². The highest BCUT2D eigenvalue weighted by Crippen LogP contribution is 2.27. The minimum absolute atomic E-state index is 0.0911. The van der Waals surface area contributed by atoms with Crippen LogP contribution in [-0.2, 0) is 0 Å². The first-order chi connectivity index (χ1) is 10.6. The molecule has 2 unspecified atom stereocenters. The van der Waals surface area contributed by atoms with Crippen molar-refractivity contribution in [2.75, 3.05) is 13.1 Å². The van der Waals surface area contributed by atoms with Gasteiger partial charge < -0.3 is 15.7 Å². The fourth-order valence-electron chi connectivity index (χ4n) is 2.96. The molecule has 0 spiro atoms. The second-order valence-electron chi connectivity index (χ2n) is 5.79. The summed E-state index contributed by atoms with van der Waals surface area (Å²) in [5.41, 5.74) is 6.59. The lowest BCUT2D eigenvalue weighted by Crippen LogP contribution is -2.34. The Morgan fingerprint density at radius 3 is 2.77 bits per heavy atom. The number of nitrogens with two attached hydrogens (primary N) is 1. The van der Waals surface area contributed by atoms with E-state index in [0.717, 1.165) is 12.1 Å². The van der Waals surface area contributed by atoms with E-state index in [-0.39, 0.29) is 23.4 Å². The van der Waals surface area contributed by atoms with Crippen molar-refractivity contribution < 1.29 is 9.90 Å². The van der Waals surface area contributed by atoms with E-state index < -0.39 is 0 Å². The zero-order valence-electron chi connectivity index (χ0n) is 12.5. The second-order valence-corrected chi connectivity index (χ2v) is 5.79. The molecule has 6 heteroatoms. The van der Waals surface area contributed by atoms with Gasteiger partial charge in [-0.1, -0.05) is 18.2 Å². The predicted molar refractivity (Wildman–Crippen MR) is 82.9 cm³/mol. The predicted octanol–water partition coefficient (Wildman–Crippen LogP) is 1.39. The Kier molecular flexibility index (Phi) is 3.85. The molecule has 22 heavy (non-hydrogen) atoms. The van der Waals surface area contributed by atoms with Gasteiger partial charge in [0.1, 0.15) is 0 Å². The summed E-state index contributed by atoms with van der Waals surface area (Å²) in [5, 5.41) is 14.3. The van der Waals surface area contributed by atoms with Crippen LogP contribution in [0.4, 0.5) is 0 Å². The molecule has 0 saturated carbocycles. The highest BCUT2D eigenvalue weighted by Gasteiger charge is 2.34. The van der Waals surface area contributed by atoms with E-state index in [1.54, 1.807) is 4.90 Å². The molecule has 1 aromatic heterocycles. The van der Waals surface area contributed by atoms with Crippen LogP contribution in [0.3, 0.4) is 0 Å². The Bertz CT molecular complexity index is 668. The smallest absolute Gasteiger partial charge is 0.278 e. The van der Waals surface area contributed by atoms with E-state index >= 15 is 0 Å². The third-order valence-corrected chi connectivity index (χ3v) is 4.17. The number of carbonyl (C=O) groups is 1. The number of hydrogen-bond donors (Lipinski definition) is 2. The monoisotopic (exact) mass is 300 g/mol. The summed E-state index contributed by atoms with van der Waals surface area (Å²) in [5.74, 6) is -0.0230. The minimum atomic E-state index is -0.240. The summed E-state index contributed by atoms with van der Waals surface area (Å²) in [6, 6.07) is 9.50. The number of para-hydroxylation sites is 1. The molecular weight excluding hydrogens is 280 g/mol. The van der Waals surface area contributed by atoms with Gasteiger partial charge in [-0.25, -0.2) is 4.68 Å². The number of nitrogens with zero attached hydrogens (tertiary/aromatic N) is 3. The standard InChI is InChI=1S/C16H20N4O2/c1-11-7-12(8-17)9-19(11)16(22)15-14(21)10-20(18-15)13-5-3-2-4-6-13/h2-6,10-12,21H,7-9,17H2,1H3. The lowest BCUT2D eigenvalue weighted by molar-refractivity contribution is 0.0734. The van der Waals surface area contributed by atoms with Crippen molar-refractivity contribution in [2.24, 2.45) is 11.7 Å². The van der Waals surface area contributed by atoms with Crippen LogP contribution < -0.4 is 5.73 Å². The molecule has 0 aliphatic carbocycles. The molecule has 1 fully saturated rings. The molecule has 1 amide bonds. The van der Waals surface area contributed by atoms with Gasteiger partial charge in [0.25, 0.3) is 5.91 Å². The topological polar surface area (TPSA) is 84.4 Å². The average Bonchev–Trinajstić information content (AvgIpc) is 3.10. The van der Waals surface area contributed by atoms with Crippen LogP contribution in [0.15, 0.2) is 36.5 Å². The van der Waals surface area contributed by atoms with Crippen molar-refractivity contribution in [3.8, 4) is 11.4 Å². The number of likely N-dealkylation sites (tertiary alicyclic amines) is 1. The lowest BCUT2D eigenvalue weighted by Gasteiger charge is -2.20. The molecule has 3 rings (SSSR count). The summed E-state index contributed by atoms with van der Waals surface area (Å²) >= 11 is 0. The van der Waals surface area contributed by atoms with E-state index in [1.807, 2.05) is 37.3 Å². The highest BCUT2D eigenvalue weighted by molar-refractivity contribution is 5.95. The Morgan fingerprint density at radius 1 is 1.41 bits per heavy atom. The second kappa shape index (κ2) is 5.81. The third kappa shape index (κ3) is 2.57. The highest BCUT2D eigenvalue weighted by atomic mass is 16.3. The molecule has 3 N–H and O–H groups in total. The quantitative estimate of drug-likeness (QED) is 0.897. The molecule has 2 heterocycles. The van der Waals surface area contributed by atoms with Gasteiger partial charge >= 0.3 is 0 Å². The number of rotatable bonds is 3. The van der Waals surface area contributed by atoms with Gasteiger partial charge in [0.15, 0.2) is 11.4 Å². The molecular formula is C16H20N4O2. The van der Waals surface area contributed by atoms with E-state index in [1.165, 1.54) is 10.9 Å². The minimum Gasteiger partial charge on any atom is -0.504 e. The number of aromatic nitrogens is 2. The summed E-state index contributed by atoms with van der Waals surface area (Å²) in [6.45, 7) is 3.19. The summed E-state index contributed by atoms with van der Waals surface area (Å²) in [7, 11) is 0. The SMILES string of the molecule is CC1CC(CN)CN1C(=O)c1nn(-c2ccccc2)cc1O. The van der Waals surface area contributed by atoms with E-state index in [4.69, 9.17) is 5.73 Å². The molecule has 1 aliphatic heterocycles. The van der Waals surface area contributed by atoms with Crippen molar-refractivity contribution in [3.63, 3.8) is 0 Å². The largest absolute Gasteiger partial charge is 0.504 e. The zero-order chi connectivity index (χ0) is 15.7. The molecule has 116 valence electrons. The van der Waals surface area contributed by atoms with Crippen molar-refractivity contribution in [2.45, 2.75) is 19.4 Å². The first-order valence-corrected chi connectivity index (χ1v) is 7.45. The van der Waals surface area contributed by atoms with Crippen molar-refractivity contribution in [1.82, 2.24) is 14.7 Å². The normalized spacial score (nSPS) is 21.3. The molecule has 0 radical (unpaired) electrons. The Labute approximate surface area is 129 Å². The Hall–Kier alpha value is -2.34. The van der Waals surface area contributed by atoms with Crippen LogP contribution in [0.5, 0.6) is 5.75 Å². The number of amides is 1. The van der Waals surface area contributed by atoms with Gasteiger partial charge in [-0.3, -0.25) is 4.79 Å². The summed E-state index contributed by atoms with van der Waals surface area (Å²) in [6.07, 6.45) is 2.35. The van der Waals surface area contributed by atoms with Crippen LogP contribution in [0.2, 0.25) is 0 Å². The van der Waals surface area contributed by atoms with Gasteiger partial charge in [0.05, 0.1) is 11.9 Å². The fraction of sp³-hybridized carbons (Fsp3) is 0.375. The first-order valence-electron chi connectivity index (χ1n) is 7.45. The van der Waals surface area contributed by atoms with Gasteiger partial charge in [0.2, 0.25) is 0 Å². The maximum Gasteiger partial charge on any atom is 0.278 e. The zero-order valence-corrected chi connectivity index (χ0v) is 12.5. The van der Waals surface area contributed by atoms with Crippen molar-refractivity contribution in [1.29, 1.82) is 0 Å². The first kappa shape index (κ1) is 14.6. The Balaban J connectivity index is 1.86. The number of benzene rings is 1. The van der Waals surface area contributed by atoms with Crippen LogP contribution in [0, 0.1) is 5.92 Å². The average molecular weight is 300 g/mol. The fourth-order valence-corrected chi connectivity index (χ4v) is 2.96. The van der Waals surface area contributed by atoms with Gasteiger partial charge in [-0.2, -0.15) is 5.10 Å². The van der Waals surface area contributed by atoms with Crippen LogP contribution in [0.1, 0.15) is 23.8 Å². The van der Waals surface area contributed by atoms with Gasteiger partial charge in [0, 0.05) is 12.6 Å². The molecule has 6 nitrogen and oxygen atoms in total. The molecule has 2 aromatic rings. The maximum absolute atomic E-state index is 12.6. The summed E-state index contributed by atoms with van der Waals surface area (Å²) in [4.78, 5) is 14.4. The summed E-state index contributed by atoms with van der Waals surface area (Å²) < 4.78 is 1.52. The molecule has 2 atom stereocenters. The molecule has 1 aromatic carbocycles. The molecule has 1 saturated heterocycles. The van der Waals surface area contributed by atoms with Crippen molar-refractivity contribution >= 4 is 5.91 Å². The van der Waals surface area contributed by atoms with E-state index in [0.29, 0.717) is 19.0 Å². The molecule has 0 bridgehead atoms. The Morgan fingerprint density at radius 2 is 2.14 bits per heavy atom. The van der Waals surface area contributed by atoms with Crippen LogP contribution >= 0.6 is 0 Å².